The topological polar surface area (TPSA) is 85.2 Å². The highest BCUT2D eigenvalue weighted by Gasteiger charge is 2.16. The second kappa shape index (κ2) is 4.77. The Morgan fingerprint density at radius 1 is 1.50 bits per heavy atom. The van der Waals surface area contributed by atoms with Crippen LogP contribution < -0.4 is 0 Å². The van der Waals surface area contributed by atoms with Crippen molar-refractivity contribution in [1.82, 2.24) is 4.98 Å². The molecule has 2 rings (SSSR count). The van der Waals surface area contributed by atoms with Gasteiger partial charge in [-0.1, -0.05) is 0 Å². The number of halogens is 1. The number of aromatic amines is 1. The van der Waals surface area contributed by atoms with E-state index in [1.54, 1.807) is 19.1 Å². The number of aromatic nitrogens is 1. The minimum absolute atomic E-state index is 0.0558. The molecular formula is C11H9BrN2O4. The fraction of sp³-hybridized carbons (Fsp3) is 0.182. The molecule has 2 aromatic rings. The van der Waals surface area contributed by atoms with Crippen molar-refractivity contribution in [3.63, 3.8) is 0 Å². The Labute approximate surface area is 110 Å². The van der Waals surface area contributed by atoms with E-state index in [0.29, 0.717) is 15.4 Å². The number of esters is 1. The molecule has 1 heterocycles. The zero-order valence-corrected chi connectivity index (χ0v) is 11.0. The van der Waals surface area contributed by atoms with Gasteiger partial charge in [-0.2, -0.15) is 0 Å². The van der Waals surface area contributed by atoms with E-state index in [1.807, 2.05) is 0 Å². The summed E-state index contributed by atoms with van der Waals surface area (Å²) in [5.74, 6) is -0.479. The number of nitro groups is 1. The van der Waals surface area contributed by atoms with E-state index in [0.717, 1.165) is 0 Å². The van der Waals surface area contributed by atoms with Gasteiger partial charge in [0.2, 0.25) is 0 Å². The fourth-order valence-electron chi connectivity index (χ4n) is 1.60. The van der Waals surface area contributed by atoms with Gasteiger partial charge in [0.1, 0.15) is 5.69 Å². The molecule has 0 aliphatic carbocycles. The minimum Gasteiger partial charge on any atom is -0.461 e. The number of hydrogen-bond donors (Lipinski definition) is 1. The summed E-state index contributed by atoms with van der Waals surface area (Å²) >= 11 is 3.12. The van der Waals surface area contributed by atoms with Crippen molar-refractivity contribution in [3.05, 3.63) is 38.5 Å². The SMILES string of the molecule is CCOC(=O)c1cc2cc(Br)c([N+](=O)[O-])cc2[nH]1. The van der Waals surface area contributed by atoms with Crippen LogP contribution in [0.25, 0.3) is 10.9 Å². The average molecular weight is 313 g/mol. The van der Waals surface area contributed by atoms with Crippen LogP contribution in [-0.2, 0) is 4.74 Å². The van der Waals surface area contributed by atoms with Gasteiger partial charge in [0, 0.05) is 11.5 Å². The van der Waals surface area contributed by atoms with Gasteiger partial charge >= 0.3 is 5.97 Å². The summed E-state index contributed by atoms with van der Waals surface area (Å²) in [5.41, 5.74) is 0.743. The molecule has 94 valence electrons. The summed E-state index contributed by atoms with van der Waals surface area (Å²) in [6.07, 6.45) is 0. The average Bonchev–Trinajstić information content (AvgIpc) is 2.70. The largest absolute Gasteiger partial charge is 0.461 e. The van der Waals surface area contributed by atoms with Crippen LogP contribution in [0, 0.1) is 10.1 Å². The Morgan fingerprint density at radius 2 is 2.22 bits per heavy atom. The molecule has 1 aromatic heterocycles. The molecule has 1 aromatic carbocycles. The molecule has 0 fully saturated rings. The molecule has 0 aliphatic rings. The molecule has 0 aliphatic heterocycles. The van der Waals surface area contributed by atoms with Gasteiger partial charge in [-0.05, 0) is 35.0 Å². The van der Waals surface area contributed by atoms with E-state index in [9.17, 15) is 14.9 Å². The number of fused-ring (bicyclic) bond motifs is 1. The van der Waals surface area contributed by atoms with E-state index in [2.05, 4.69) is 20.9 Å². The van der Waals surface area contributed by atoms with Gasteiger partial charge in [-0.25, -0.2) is 4.79 Å². The molecule has 0 spiro atoms. The zero-order valence-electron chi connectivity index (χ0n) is 9.40. The molecule has 0 saturated carbocycles. The maximum atomic E-state index is 11.5. The van der Waals surface area contributed by atoms with Crippen LogP contribution in [0.1, 0.15) is 17.4 Å². The molecule has 0 amide bonds. The molecule has 7 heteroatoms. The molecule has 0 saturated heterocycles. The van der Waals surface area contributed by atoms with E-state index < -0.39 is 10.9 Å². The number of nitrogens with one attached hydrogen (secondary N) is 1. The summed E-state index contributed by atoms with van der Waals surface area (Å²) in [5, 5.41) is 11.5. The normalized spacial score (nSPS) is 10.6. The van der Waals surface area contributed by atoms with Crippen LogP contribution in [0.4, 0.5) is 5.69 Å². The number of benzene rings is 1. The lowest BCUT2D eigenvalue weighted by atomic mass is 10.2. The van der Waals surface area contributed by atoms with Crippen LogP contribution in [0.2, 0.25) is 0 Å². The highest BCUT2D eigenvalue weighted by molar-refractivity contribution is 9.10. The van der Waals surface area contributed by atoms with Gasteiger partial charge < -0.3 is 9.72 Å². The van der Waals surface area contributed by atoms with Crippen molar-refractivity contribution in [2.45, 2.75) is 6.92 Å². The van der Waals surface area contributed by atoms with Gasteiger partial charge in [-0.3, -0.25) is 10.1 Å². The van der Waals surface area contributed by atoms with Crippen LogP contribution in [0.3, 0.4) is 0 Å². The second-order valence-electron chi connectivity index (χ2n) is 3.55. The number of nitro benzene ring substituents is 1. The summed E-state index contributed by atoms with van der Waals surface area (Å²) in [6.45, 7) is 1.99. The molecule has 1 N–H and O–H groups in total. The quantitative estimate of drug-likeness (QED) is 0.536. The van der Waals surface area contributed by atoms with Gasteiger partial charge in [0.15, 0.2) is 0 Å². The van der Waals surface area contributed by atoms with Crippen molar-refractivity contribution in [2.75, 3.05) is 6.61 Å². The number of carbonyl (C=O) groups is 1. The number of ether oxygens (including phenoxy) is 1. The lowest BCUT2D eigenvalue weighted by Crippen LogP contribution is -2.04. The van der Waals surface area contributed by atoms with Crippen molar-refractivity contribution >= 4 is 38.5 Å². The monoisotopic (exact) mass is 312 g/mol. The van der Waals surface area contributed by atoms with Gasteiger partial charge in [0.25, 0.3) is 5.69 Å². The predicted molar refractivity (Wildman–Crippen MR) is 68.6 cm³/mol. The summed E-state index contributed by atoms with van der Waals surface area (Å²) in [6, 6.07) is 4.57. The first-order valence-electron chi connectivity index (χ1n) is 5.16. The smallest absolute Gasteiger partial charge is 0.354 e. The van der Waals surface area contributed by atoms with Crippen molar-refractivity contribution in [3.8, 4) is 0 Å². The molecule has 18 heavy (non-hydrogen) atoms. The summed E-state index contributed by atoms with van der Waals surface area (Å²) < 4.78 is 5.22. The van der Waals surface area contributed by atoms with E-state index in [1.165, 1.54) is 6.07 Å². The van der Waals surface area contributed by atoms with Gasteiger partial charge in [-0.15, -0.1) is 0 Å². The van der Waals surface area contributed by atoms with Crippen LogP contribution in [0.5, 0.6) is 0 Å². The molecule has 0 bridgehead atoms. The Morgan fingerprint density at radius 3 is 2.83 bits per heavy atom. The van der Waals surface area contributed by atoms with Crippen LogP contribution in [0.15, 0.2) is 22.7 Å². The fourth-order valence-corrected chi connectivity index (χ4v) is 2.11. The number of carbonyl (C=O) groups excluding carboxylic acids is 1. The van der Waals surface area contributed by atoms with Crippen molar-refractivity contribution in [1.29, 1.82) is 0 Å². The van der Waals surface area contributed by atoms with E-state index >= 15 is 0 Å². The number of H-pyrrole nitrogens is 1. The third kappa shape index (κ3) is 2.21. The molecule has 0 atom stereocenters. The van der Waals surface area contributed by atoms with Gasteiger partial charge in [0.05, 0.1) is 21.5 Å². The first kappa shape index (κ1) is 12.6. The summed E-state index contributed by atoms with van der Waals surface area (Å²) in [4.78, 5) is 24.6. The molecule has 0 unspecified atom stereocenters. The Balaban J connectivity index is 2.52. The highest BCUT2D eigenvalue weighted by atomic mass is 79.9. The maximum Gasteiger partial charge on any atom is 0.354 e. The Hall–Kier alpha value is -1.89. The summed E-state index contributed by atoms with van der Waals surface area (Å²) in [7, 11) is 0. The van der Waals surface area contributed by atoms with Crippen molar-refractivity contribution < 1.29 is 14.5 Å². The molecule has 6 nitrogen and oxygen atoms in total. The first-order chi connectivity index (χ1) is 8.52. The number of rotatable bonds is 3. The predicted octanol–water partition coefficient (Wildman–Crippen LogP) is 3.02. The van der Waals surface area contributed by atoms with E-state index in [4.69, 9.17) is 4.74 Å². The standard InChI is InChI=1S/C11H9BrN2O4/c1-2-18-11(15)9-4-6-3-7(12)10(14(16)17)5-8(6)13-9/h3-5,13H,2H2,1H3. The third-order valence-electron chi connectivity index (χ3n) is 2.38. The number of hydrogen-bond acceptors (Lipinski definition) is 4. The van der Waals surface area contributed by atoms with Crippen molar-refractivity contribution in [2.24, 2.45) is 0 Å². The highest BCUT2D eigenvalue weighted by Crippen LogP contribution is 2.30. The van der Waals surface area contributed by atoms with E-state index in [-0.39, 0.29) is 18.0 Å². The minimum atomic E-state index is -0.492. The van der Waals surface area contributed by atoms with Crippen LogP contribution >= 0.6 is 15.9 Å². The Kier molecular flexibility index (Phi) is 3.33. The lowest BCUT2D eigenvalue weighted by molar-refractivity contribution is -0.385. The maximum absolute atomic E-state index is 11.5. The third-order valence-corrected chi connectivity index (χ3v) is 3.02. The zero-order chi connectivity index (χ0) is 13.3. The van der Waals surface area contributed by atoms with Crippen LogP contribution in [-0.4, -0.2) is 22.5 Å². The molecular weight excluding hydrogens is 304 g/mol. The number of nitrogens with zero attached hydrogens (tertiary/aromatic N) is 1. The Bertz CT molecular complexity index is 635. The second-order valence-corrected chi connectivity index (χ2v) is 4.41. The first-order valence-corrected chi connectivity index (χ1v) is 5.96. The molecule has 0 radical (unpaired) electrons. The lowest BCUT2D eigenvalue weighted by Gasteiger charge is -1.96.